The zero-order valence-corrected chi connectivity index (χ0v) is 20.1. The summed E-state index contributed by atoms with van der Waals surface area (Å²) in [6.07, 6.45) is 7.63. The normalized spacial score (nSPS) is 20.6. The second-order valence-electron chi connectivity index (χ2n) is 9.75. The van der Waals surface area contributed by atoms with Gasteiger partial charge in [-0.25, -0.2) is 18.9 Å². The van der Waals surface area contributed by atoms with Crippen LogP contribution >= 0.6 is 0 Å². The van der Waals surface area contributed by atoms with E-state index in [4.69, 9.17) is 10.1 Å². The number of aromatic nitrogens is 4. The molecule has 2 saturated heterocycles. The van der Waals surface area contributed by atoms with Gasteiger partial charge in [0, 0.05) is 21.1 Å². The Morgan fingerprint density at radius 2 is 1.89 bits per heavy atom. The molecule has 0 aliphatic carbocycles. The summed E-state index contributed by atoms with van der Waals surface area (Å²) in [6, 6.07) is 17.3. The number of benzene rings is 1. The van der Waals surface area contributed by atoms with Gasteiger partial charge in [-0.3, -0.25) is 0 Å². The Hall–Kier alpha value is -3.48. The molecule has 182 valence electrons. The van der Waals surface area contributed by atoms with Crippen molar-refractivity contribution in [3.05, 3.63) is 72.2 Å². The first-order valence-corrected chi connectivity index (χ1v) is 12.8. The highest BCUT2D eigenvalue weighted by Crippen LogP contribution is 2.36. The van der Waals surface area contributed by atoms with Crippen LogP contribution in [0, 0.1) is 11.7 Å². The lowest BCUT2D eigenvalue weighted by molar-refractivity contribution is 0.403. The number of rotatable bonds is 5. The first kappa shape index (κ1) is 22.0. The van der Waals surface area contributed by atoms with Crippen molar-refractivity contribution in [1.82, 2.24) is 19.6 Å². The molecule has 3 aromatic heterocycles. The standard InChI is InChI=1S/C28H31FN6.H2/c1-2-20-7-5-15-33(19-20)27-12-4-10-23(31-27)25-18-30-26-13-14-28(32-35(25)26)34-16-6-11-24(34)21-8-3-9-22(29)17-21;/h3-4,8-10,12-14,17-18,20,24H,2,5-7,11,15-16,19H2,1H3;1H. The van der Waals surface area contributed by atoms with Crippen LogP contribution in [0.25, 0.3) is 17.0 Å². The Kier molecular flexibility index (Phi) is 5.84. The van der Waals surface area contributed by atoms with E-state index in [2.05, 4.69) is 33.8 Å². The highest BCUT2D eigenvalue weighted by molar-refractivity contribution is 5.62. The smallest absolute Gasteiger partial charge is 0.154 e. The van der Waals surface area contributed by atoms with Crippen molar-refractivity contribution in [3.8, 4) is 11.4 Å². The molecule has 2 unspecified atom stereocenters. The van der Waals surface area contributed by atoms with Crippen LogP contribution in [0.15, 0.2) is 60.8 Å². The Balaban J connectivity index is 0.00000267. The summed E-state index contributed by atoms with van der Waals surface area (Å²) in [5.41, 5.74) is 3.55. The minimum absolute atomic E-state index is 0. The zero-order chi connectivity index (χ0) is 23.8. The number of fused-ring (bicyclic) bond motifs is 1. The lowest BCUT2D eigenvalue weighted by atomic mass is 9.96. The van der Waals surface area contributed by atoms with Crippen molar-refractivity contribution in [2.24, 2.45) is 5.92 Å². The Morgan fingerprint density at radius 1 is 1.00 bits per heavy atom. The molecule has 35 heavy (non-hydrogen) atoms. The van der Waals surface area contributed by atoms with Crippen LogP contribution in [0.5, 0.6) is 0 Å². The molecule has 6 rings (SSSR count). The second-order valence-corrected chi connectivity index (χ2v) is 9.75. The molecule has 2 aliphatic rings. The first-order valence-electron chi connectivity index (χ1n) is 12.8. The van der Waals surface area contributed by atoms with Gasteiger partial charge >= 0.3 is 0 Å². The van der Waals surface area contributed by atoms with Crippen molar-refractivity contribution in [3.63, 3.8) is 0 Å². The third-order valence-corrected chi connectivity index (χ3v) is 7.55. The minimum Gasteiger partial charge on any atom is -0.356 e. The van der Waals surface area contributed by atoms with Gasteiger partial charge in [-0.1, -0.05) is 31.5 Å². The molecule has 2 atom stereocenters. The van der Waals surface area contributed by atoms with Gasteiger partial charge in [-0.05, 0) is 73.6 Å². The molecule has 0 bridgehead atoms. The SMILES string of the molecule is CCC1CCCN(c2cccc(-c3cnc4ccc(N5CCCC5c5cccc(F)c5)nn34)n2)C1.[HH]. The van der Waals surface area contributed by atoms with Crippen LogP contribution in [0.1, 0.15) is 52.1 Å². The van der Waals surface area contributed by atoms with Gasteiger partial charge in [0.25, 0.3) is 0 Å². The van der Waals surface area contributed by atoms with Crippen molar-refractivity contribution in [2.45, 2.75) is 45.1 Å². The fourth-order valence-corrected chi connectivity index (χ4v) is 5.64. The van der Waals surface area contributed by atoms with Crippen LogP contribution < -0.4 is 9.80 Å². The monoisotopic (exact) mass is 472 g/mol. The molecule has 1 aromatic carbocycles. The molecule has 4 aromatic rings. The summed E-state index contributed by atoms with van der Waals surface area (Å²) in [6.45, 7) is 5.29. The second kappa shape index (κ2) is 9.29. The van der Waals surface area contributed by atoms with E-state index in [9.17, 15) is 4.39 Å². The zero-order valence-electron chi connectivity index (χ0n) is 20.1. The number of imidazole rings is 1. The Morgan fingerprint density at radius 3 is 2.77 bits per heavy atom. The third kappa shape index (κ3) is 4.24. The predicted molar refractivity (Wildman–Crippen MR) is 139 cm³/mol. The third-order valence-electron chi connectivity index (χ3n) is 7.55. The quantitative estimate of drug-likeness (QED) is 0.349. The summed E-state index contributed by atoms with van der Waals surface area (Å²) in [4.78, 5) is 14.3. The maximum Gasteiger partial charge on any atom is 0.154 e. The molecule has 7 heteroatoms. The van der Waals surface area contributed by atoms with Crippen molar-refractivity contribution in [2.75, 3.05) is 29.4 Å². The average Bonchev–Trinajstić information content (AvgIpc) is 3.56. The van der Waals surface area contributed by atoms with E-state index < -0.39 is 0 Å². The number of piperidine rings is 1. The summed E-state index contributed by atoms with van der Waals surface area (Å²) >= 11 is 0. The van der Waals surface area contributed by atoms with Gasteiger partial charge in [-0.15, -0.1) is 5.10 Å². The van der Waals surface area contributed by atoms with Crippen molar-refractivity contribution in [1.29, 1.82) is 0 Å². The predicted octanol–water partition coefficient (Wildman–Crippen LogP) is 6.14. The van der Waals surface area contributed by atoms with Gasteiger partial charge in [0.1, 0.15) is 23.1 Å². The molecule has 2 aliphatic heterocycles. The van der Waals surface area contributed by atoms with E-state index in [0.717, 1.165) is 72.6 Å². The summed E-state index contributed by atoms with van der Waals surface area (Å²) in [5, 5.41) is 4.99. The molecule has 5 heterocycles. The molecular formula is C28H33FN6. The Labute approximate surface area is 206 Å². The fraction of sp³-hybridized carbons (Fsp3) is 0.393. The number of nitrogens with zero attached hydrogens (tertiary/aromatic N) is 6. The van der Waals surface area contributed by atoms with Gasteiger partial charge in [0.15, 0.2) is 5.65 Å². The maximum atomic E-state index is 13.9. The van der Waals surface area contributed by atoms with E-state index in [-0.39, 0.29) is 13.3 Å². The highest BCUT2D eigenvalue weighted by Gasteiger charge is 2.28. The molecule has 0 N–H and O–H groups in total. The van der Waals surface area contributed by atoms with E-state index in [1.165, 1.54) is 25.3 Å². The van der Waals surface area contributed by atoms with Gasteiger partial charge in [0.05, 0.1) is 17.9 Å². The largest absolute Gasteiger partial charge is 0.356 e. The number of hydrogen-bond donors (Lipinski definition) is 0. The lowest BCUT2D eigenvalue weighted by Gasteiger charge is -2.33. The molecule has 0 spiro atoms. The molecular weight excluding hydrogens is 439 g/mol. The summed E-state index contributed by atoms with van der Waals surface area (Å²) in [5.74, 6) is 2.44. The molecule has 0 amide bonds. The van der Waals surface area contributed by atoms with E-state index >= 15 is 0 Å². The van der Waals surface area contributed by atoms with Crippen molar-refractivity contribution >= 4 is 17.3 Å². The van der Waals surface area contributed by atoms with Crippen molar-refractivity contribution < 1.29 is 5.82 Å². The maximum absolute atomic E-state index is 13.9. The van der Waals surface area contributed by atoms with E-state index in [0.29, 0.717) is 0 Å². The van der Waals surface area contributed by atoms with Gasteiger partial charge < -0.3 is 9.80 Å². The van der Waals surface area contributed by atoms with E-state index in [1.54, 1.807) is 12.1 Å². The number of pyridine rings is 1. The molecule has 0 saturated carbocycles. The van der Waals surface area contributed by atoms with Crippen LogP contribution in [-0.2, 0) is 0 Å². The van der Waals surface area contributed by atoms with Crippen LogP contribution in [0.4, 0.5) is 16.0 Å². The van der Waals surface area contributed by atoms with Crippen LogP contribution in [0.2, 0.25) is 0 Å². The highest BCUT2D eigenvalue weighted by atomic mass is 19.1. The van der Waals surface area contributed by atoms with Crippen LogP contribution in [0.3, 0.4) is 0 Å². The summed E-state index contributed by atoms with van der Waals surface area (Å²) in [7, 11) is 0. The molecule has 6 nitrogen and oxygen atoms in total. The van der Waals surface area contributed by atoms with Gasteiger partial charge in [0.2, 0.25) is 0 Å². The minimum atomic E-state index is -0.195. The van der Waals surface area contributed by atoms with Crippen LogP contribution in [-0.4, -0.2) is 39.2 Å². The number of hydrogen-bond acceptors (Lipinski definition) is 5. The number of halogens is 1. The van der Waals surface area contributed by atoms with Gasteiger partial charge in [-0.2, -0.15) is 0 Å². The number of anilines is 2. The first-order chi connectivity index (χ1) is 17.2. The summed E-state index contributed by atoms with van der Waals surface area (Å²) < 4.78 is 15.8. The topological polar surface area (TPSA) is 49.6 Å². The average molecular weight is 473 g/mol. The molecule has 2 fully saturated rings. The Bertz CT molecular complexity index is 1340. The molecule has 0 radical (unpaired) electrons. The van der Waals surface area contributed by atoms with E-state index in [1.807, 2.05) is 35.0 Å². The fourth-order valence-electron chi connectivity index (χ4n) is 5.64. The lowest BCUT2D eigenvalue weighted by Crippen LogP contribution is -2.35.